The summed E-state index contributed by atoms with van der Waals surface area (Å²) in [6, 6.07) is 9.62. The smallest absolute Gasteiger partial charge is 0.271 e. The van der Waals surface area contributed by atoms with E-state index >= 15 is 0 Å². The van der Waals surface area contributed by atoms with Gasteiger partial charge in [-0.25, -0.2) is 13.6 Å². The number of sulfonamides is 1. The van der Waals surface area contributed by atoms with Crippen LogP contribution in [-0.2, 0) is 21.2 Å². The van der Waals surface area contributed by atoms with Crippen LogP contribution in [-0.4, -0.2) is 51.3 Å². The molecule has 4 N–H and O–H groups in total. The normalized spacial score (nSPS) is 11.2. The van der Waals surface area contributed by atoms with Gasteiger partial charge in [0, 0.05) is 20.2 Å². The molecule has 26 heavy (non-hydrogen) atoms. The molecule has 0 aliphatic carbocycles. The third kappa shape index (κ3) is 6.06. The van der Waals surface area contributed by atoms with Crippen LogP contribution < -0.4 is 15.8 Å². The lowest BCUT2D eigenvalue weighted by atomic mass is 10.1. The molecule has 9 nitrogen and oxygen atoms in total. The Morgan fingerprint density at radius 2 is 1.85 bits per heavy atom. The maximum absolute atomic E-state index is 11.8. The van der Waals surface area contributed by atoms with Crippen LogP contribution in [0.1, 0.15) is 16.1 Å². The molecule has 1 aromatic carbocycles. The molecule has 140 valence electrons. The summed E-state index contributed by atoms with van der Waals surface area (Å²) in [6.45, 7) is 1.40. The number of anilines is 1. The lowest BCUT2D eigenvalue weighted by Crippen LogP contribution is -2.28. The zero-order chi connectivity index (χ0) is 19.0. The Balaban J connectivity index is 1.82. The van der Waals surface area contributed by atoms with E-state index in [1.165, 1.54) is 12.1 Å². The van der Waals surface area contributed by atoms with Crippen LogP contribution in [0.5, 0.6) is 0 Å². The van der Waals surface area contributed by atoms with Crippen molar-refractivity contribution >= 4 is 21.7 Å². The number of rotatable bonds is 9. The number of hydrogen-bond acceptors (Lipinski definition) is 7. The van der Waals surface area contributed by atoms with Crippen LogP contribution in [0.4, 0.5) is 5.82 Å². The number of methoxy groups -OCH3 is 1. The van der Waals surface area contributed by atoms with Crippen LogP contribution >= 0.6 is 0 Å². The summed E-state index contributed by atoms with van der Waals surface area (Å²) in [6.07, 6.45) is 0.659. The van der Waals surface area contributed by atoms with E-state index in [0.29, 0.717) is 31.9 Å². The number of amides is 1. The van der Waals surface area contributed by atoms with Crippen molar-refractivity contribution in [1.29, 1.82) is 0 Å². The lowest BCUT2D eigenvalue weighted by molar-refractivity contribution is 0.0931. The molecule has 0 spiro atoms. The zero-order valence-corrected chi connectivity index (χ0v) is 15.1. The van der Waals surface area contributed by atoms with Gasteiger partial charge >= 0.3 is 0 Å². The van der Waals surface area contributed by atoms with Gasteiger partial charge in [-0.2, -0.15) is 0 Å². The molecule has 1 heterocycles. The van der Waals surface area contributed by atoms with Crippen molar-refractivity contribution in [3.63, 3.8) is 0 Å². The Morgan fingerprint density at radius 1 is 1.12 bits per heavy atom. The molecule has 0 atom stereocenters. The molecule has 2 rings (SSSR count). The number of carbonyl (C=O) groups is 1. The largest absolute Gasteiger partial charge is 0.383 e. The summed E-state index contributed by atoms with van der Waals surface area (Å²) in [5, 5.41) is 18.6. The molecule has 10 heteroatoms. The van der Waals surface area contributed by atoms with Crippen LogP contribution in [0.2, 0.25) is 0 Å². The van der Waals surface area contributed by atoms with Gasteiger partial charge < -0.3 is 15.4 Å². The SMILES string of the molecule is COCCNC(=O)c1ccc(NCCc2ccc(S(N)(=O)=O)cc2)nn1. The van der Waals surface area contributed by atoms with E-state index in [4.69, 9.17) is 9.88 Å². The molecule has 1 aromatic heterocycles. The van der Waals surface area contributed by atoms with Gasteiger partial charge in [-0.15, -0.1) is 10.2 Å². The monoisotopic (exact) mass is 379 g/mol. The van der Waals surface area contributed by atoms with Crippen molar-refractivity contribution in [1.82, 2.24) is 15.5 Å². The molecule has 0 aliphatic heterocycles. The van der Waals surface area contributed by atoms with E-state index in [0.717, 1.165) is 5.56 Å². The number of nitrogens with two attached hydrogens (primary N) is 1. The first-order chi connectivity index (χ1) is 12.4. The number of carbonyl (C=O) groups excluding carboxylic acids is 1. The fraction of sp³-hybridized carbons (Fsp3) is 0.312. The molecule has 0 fully saturated rings. The highest BCUT2D eigenvalue weighted by Gasteiger charge is 2.08. The first kappa shape index (κ1) is 19.8. The molecule has 0 radical (unpaired) electrons. The van der Waals surface area contributed by atoms with Gasteiger partial charge in [0.1, 0.15) is 5.82 Å². The summed E-state index contributed by atoms with van der Waals surface area (Å²) in [5.74, 6) is 0.232. The Hall–Kier alpha value is -2.56. The lowest BCUT2D eigenvalue weighted by Gasteiger charge is -2.07. The van der Waals surface area contributed by atoms with Crippen LogP contribution in [0, 0.1) is 0 Å². The standard InChI is InChI=1S/C16H21N5O4S/c1-25-11-10-19-16(22)14-6-7-15(21-20-14)18-9-8-12-2-4-13(5-3-12)26(17,23)24/h2-7H,8-11H2,1H3,(H,18,21)(H,19,22)(H2,17,23,24). The van der Waals surface area contributed by atoms with Crippen molar-refractivity contribution in [3.8, 4) is 0 Å². The minimum absolute atomic E-state index is 0.0828. The zero-order valence-electron chi connectivity index (χ0n) is 14.3. The van der Waals surface area contributed by atoms with Gasteiger partial charge in [0.05, 0.1) is 11.5 Å². The Kier molecular flexibility index (Phi) is 7.01. The van der Waals surface area contributed by atoms with Gasteiger partial charge in [0.25, 0.3) is 5.91 Å². The van der Waals surface area contributed by atoms with E-state index in [9.17, 15) is 13.2 Å². The summed E-state index contributed by atoms with van der Waals surface area (Å²) >= 11 is 0. The average Bonchev–Trinajstić information content (AvgIpc) is 2.62. The number of benzene rings is 1. The molecule has 1 amide bonds. The number of nitrogens with one attached hydrogen (secondary N) is 2. The number of hydrogen-bond donors (Lipinski definition) is 3. The first-order valence-corrected chi connectivity index (χ1v) is 9.41. The Labute approximate surface area is 152 Å². The van der Waals surface area contributed by atoms with Crippen molar-refractivity contribution in [2.75, 3.05) is 32.1 Å². The highest BCUT2D eigenvalue weighted by molar-refractivity contribution is 7.89. The highest BCUT2D eigenvalue weighted by Crippen LogP contribution is 2.10. The third-order valence-corrected chi connectivity index (χ3v) is 4.39. The molecule has 0 aliphatic rings. The molecule has 0 unspecified atom stereocenters. The summed E-state index contributed by atoms with van der Waals surface area (Å²) in [7, 11) is -2.12. The molecule has 0 saturated carbocycles. The van der Waals surface area contributed by atoms with Crippen LogP contribution in [0.15, 0.2) is 41.3 Å². The molecule has 0 saturated heterocycles. The van der Waals surface area contributed by atoms with E-state index < -0.39 is 10.0 Å². The van der Waals surface area contributed by atoms with Gasteiger partial charge in [-0.3, -0.25) is 4.79 Å². The van der Waals surface area contributed by atoms with Crippen LogP contribution in [0.25, 0.3) is 0 Å². The molecule has 0 bridgehead atoms. The van der Waals surface area contributed by atoms with E-state index in [1.807, 2.05) is 0 Å². The predicted molar refractivity (Wildman–Crippen MR) is 96.3 cm³/mol. The van der Waals surface area contributed by atoms with Gasteiger partial charge in [-0.05, 0) is 36.2 Å². The van der Waals surface area contributed by atoms with Gasteiger partial charge in [0.15, 0.2) is 5.69 Å². The number of nitrogens with zero attached hydrogens (tertiary/aromatic N) is 2. The second kappa shape index (κ2) is 9.22. The van der Waals surface area contributed by atoms with Crippen molar-refractivity contribution in [2.45, 2.75) is 11.3 Å². The summed E-state index contributed by atoms with van der Waals surface area (Å²) in [4.78, 5) is 11.9. The second-order valence-electron chi connectivity index (χ2n) is 5.42. The number of aromatic nitrogens is 2. The third-order valence-electron chi connectivity index (χ3n) is 3.46. The van der Waals surface area contributed by atoms with E-state index in [1.54, 1.807) is 31.4 Å². The molecular weight excluding hydrogens is 358 g/mol. The second-order valence-corrected chi connectivity index (χ2v) is 6.98. The van der Waals surface area contributed by atoms with Crippen molar-refractivity contribution in [2.24, 2.45) is 5.14 Å². The van der Waals surface area contributed by atoms with Crippen LogP contribution in [0.3, 0.4) is 0 Å². The maximum Gasteiger partial charge on any atom is 0.271 e. The average molecular weight is 379 g/mol. The minimum atomic E-state index is -3.68. The number of ether oxygens (including phenoxy) is 1. The minimum Gasteiger partial charge on any atom is -0.383 e. The summed E-state index contributed by atoms with van der Waals surface area (Å²) < 4.78 is 27.3. The van der Waals surface area contributed by atoms with Gasteiger partial charge in [-0.1, -0.05) is 12.1 Å². The van der Waals surface area contributed by atoms with E-state index in [-0.39, 0.29) is 16.5 Å². The molecular formula is C16H21N5O4S. The molecule has 2 aromatic rings. The van der Waals surface area contributed by atoms with Crippen molar-refractivity contribution in [3.05, 3.63) is 47.7 Å². The Bertz CT molecular complexity index is 823. The summed E-state index contributed by atoms with van der Waals surface area (Å²) in [5.41, 5.74) is 1.18. The topological polar surface area (TPSA) is 136 Å². The predicted octanol–water partition coefficient (Wildman–Crippen LogP) is 0.155. The first-order valence-electron chi connectivity index (χ1n) is 7.86. The van der Waals surface area contributed by atoms with Crippen molar-refractivity contribution < 1.29 is 17.9 Å². The number of primary sulfonamides is 1. The van der Waals surface area contributed by atoms with Gasteiger partial charge in [0.2, 0.25) is 10.0 Å². The quantitative estimate of drug-likeness (QED) is 0.528. The van der Waals surface area contributed by atoms with E-state index in [2.05, 4.69) is 20.8 Å². The fourth-order valence-electron chi connectivity index (χ4n) is 2.09. The fourth-order valence-corrected chi connectivity index (χ4v) is 2.60. The Morgan fingerprint density at radius 3 is 2.42 bits per heavy atom. The maximum atomic E-state index is 11.8. The highest BCUT2D eigenvalue weighted by atomic mass is 32.2.